The van der Waals surface area contributed by atoms with Crippen LogP contribution in [-0.4, -0.2) is 46.9 Å². The fourth-order valence-electron chi connectivity index (χ4n) is 4.54. The minimum atomic E-state index is -1.32. The second-order valence-corrected chi connectivity index (χ2v) is 11.0. The molecule has 3 aromatic carbocycles. The Kier molecular flexibility index (Phi) is 10.9. The molecule has 218 valence electrons. The highest BCUT2D eigenvalue weighted by Gasteiger charge is 2.36. The number of amides is 4. The van der Waals surface area contributed by atoms with Gasteiger partial charge in [0.2, 0.25) is 11.8 Å². The molecule has 3 aromatic rings. The van der Waals surface area contributed by atoms with Crippen LogP contribution in [0.25, 0.3) is 10.8 Å². The molecule has 0 aliphatic heterocycles. The van der Waals surface area contributed by atoms with Crippen molar-refractivity contribution in [2.75, 3.05) is 11.9 Å². The van der Waals surface area contributed by atoms with E-state index in [4.69, 9.17) is 10.5 Å². The molecule has 9 nitrogen and oxygen atoms in total. The number of ether oxygens (including phenoxy) is 1. The number of hydrogen-bond acceptors (Lipinski definition) is 5. The summed E-state index contributed by atoms with van der Waals surface area (Å²) >= 11 is 0. The van der Waals surface area contributed by atoms with E-state index in [1.807, 2.05) is 55.5 Å². The summed E-state index contributed by atoms with van der Waals surface area (Å²) in [6.45, 7) is 7.33. The van der Waals surface area contributed by atoms with E-state index in [2.05, 4.69) is 10.6 Å². The first-order valence-electron chi connectivity index (χ1n) is 13.9. The summed E-state index contributed by atoms with van der Waals surface area (Å²) in [6.07, 6.45) is 1.02. The van der Waals surface area contributed by atoms with Crippen molar-refractivity contribution in [3.63, 3.8) is 0 Å². The molecule has 0 saturated heterocycles. The van der Waals surface area contributed by atoms with E-state index in [0.717, 1.165) is 23.6 Å². The molecule has 9 heteroatoms. The zero-order valence-electron chi connectivity index (χ0n) is 24.2. The summed E-state index contributed by atoms with van der Waals surface area (Å²) in [7, 11) is 0. The molecule has 0 aliphatic rings. The lowest BCUT2D eigenvalue weighted by molar-refractivity contribution is -0.142. The number of unbranched alkanes of at least 4 members (excludes halogenated alkanes) is 2. The van der Waals surface area contributed by atoms with Crippen LogP contribution in [-0.2, 0) is 19.1 Å². The van der Waals surface area contributed by atoms with Crippen LogP contribution in [0.2, 0.25) is 0 Å². The van der Waals surface area contributed by atoms with Gasteiger partial charge in [0.15, 0.2) is 0 Å². The SMILES string of the molecule is CCCCCN(C(=O)C(CC(N)=O)NC(=O)OC(C)(C)C)C(C(=O)Nc1ccc2ccccc2c1)c1ccccc1. The highest BCUT2D eigenvalue weighted by molar-refractivity contribution is 6.01. The number of alkyl carbamates (subject to hydrolysis) is 1. The van der Waals surface area contributed by atoms with Crippen LogP contribution in [0, 0.1) is 0 Å². The van der Waals surface area contributed by atoms with E-state index >= 15 is 0 Å². The van der Waals surface area contributed by atoms with Crippen molar-refractivity contribution < 1.29 is 23.9 Å². The number of nitrogens with two attached hydrogens (primary N) is 1. The van der Waals surface area contributed by atoms with Gasteiger partial charge in [-0.05, 0) is 55.7 Å². The molecule has 2 atom stereocenters. The summed E-state index contributed by atoms with van der Waals surface area (Å²) in [4.78, 5) is 54.1. The average molecular weight is 561 g/mol. The monoisotopic (exact) mass is 560 g/mol. The van der Waals surface area contributed by atoms with Gasteiger partial charge in [-0.2, -0.15) is 0 Å². The maximum Gasteiger partial charge on any atom is 0.408 e. The molecule has 0 radical (unpaired) electrons. The summed E-state index contributed by atoms with van der Waals surface area (Å²) < 4.78 is 5.33. The summed E-state index contributed by atoms with van der Waals surface area (Å²) in [5, 5.41) is 7.47. The molecule has 0 fully saturated rings. The number of benzene rings is 3. The zero-order valence-corrected chi connectivity index (χ0v) is 24.2. The molecule has 0 spiro atoms. The molecule has 4 amide bonds. The maximum absolute atomic E-state index is 14.1. The van der Waals surface area contributed by atoms with Crippen LogP contribution in [0.1, 0.15) is 65.0 Å². The predicted octanol–water partition coefficient (Wildman–Crippen LogP) is 5.31. The second-order valence-electron chi connectivity index (χ2n) is 11.0. The minimum absolute atomic E-state index is 0.225. The Morgan fingerprint density at radius 2 is 1.56 bits per heavy atom. The van der Waals surface area contributed by atoms with Gasteiger partial charge in [-0.3, -0.25) is 14.4 Å². The van der Waals surface area contributed by atoms with Crippen molar-refractivity contribution in [2.24, 2.45) is 5.73 Å². The van der Waals surface area contributed by atoms with Gasteiger partial charge in [-0.25, -0.2) is 4.79 Å². The van der Waals surface area contributed by atoms with Crippen LogP contribution in [0.5, 0.6) is 0 Å². The van der Waals surface area contributed by atoms with E-state index < -0.39 is 47.9 Å². The van der Waals surface area contributed by atoms with E-state index in [1.165, 1.54) is 4.90 Å². The van der Waals surface area contributed by atoms with E-state index in [1.54, 1.807) is 45.0 Å². The molecule has 0 bridgehead atoms. The smallest absolute Gasteiger partial charge is 0.408 e. The quantitative estimate of drug-likeness (QED) is 0.259. The van der Waals surface area contributed by atoms with E-state index in [-0.39, 0.29) is 6.54 Å². The lowest BCUT2D eigenvalue weighted by Crippen LogP contribution is -2.53. The Labute approximate surface area is 241 Å². The normalized spacial score (nSPS) is 12.7. The number of nitrogens with zero attached hydrogens (tertiary/aromatic N) is 1. The first kappa shape index (κ1) is 31.1. The molecule has 0 heterocycles. The Morgan fingerprint density at radius 3 is 2.20 bits per heavy atom. The number of anilines is 1. The van der Waals surface area contributed by atoms with Gasteiger partial charge in [0.1, 0.15) is 17.7 Å². The Balaban J connectivity index is 2.00. The minimum Gasteiger partial charge on any atom is -0.444 e. The molecule has 3 rings (SSSR count). The summed E-state index contributed by atoms with van der Waals surface area (Å²) in [5.41, 5.74) is 5.82. The van der Waals surface area contributed by atoms with E-state index in [9.17, 15) is 19.2 Å². The highest BCUT2D eigenvalue weighted by Crippen LogP contribution is 2.27. The number of primary amides is 1. The van der Waals surface area contributed by atoms with Crippen molar-refractivity contribution in [1.82, 2.24) is 10.2 Å². The fraction of sp³-hybridized carbons (Fsp3) is 0.375. The van der Waals surface area contributed by atoms with Crippen molar-refractivity contribution in [3.8, 4) is 0 Å². The van der Waals surface area contributed by atoms with Crippen LogP contribution in [0.3, 0.4) is 0 Å². The average Bonchev–Trinajstić information content (AvgIpc) is 2.91. The molecule has 0 saturated carbocycles. The van der Waals surface area contributed by atoms with Crippen LogP contribution < -0.4 is 16.4 Å². The molecule has 2 unspecified atom stereocenters. The summed E-state index contributed by atoms with van der Waals surface area (Å²) in [6, 6.07) is 20.0. The molecular weight excluding hydrogens is 520 g/mol. The van der Waals surface area contributed by atoms with E-state index in [0.29, 0.717) is 17.7 Å². The molecular formula is C32H40N4O5. The van der Waals surface area contributed by atoms with Crippen molar-refractivity contribution in [1.29, 1.82) is 0 Å². The number of rotatable bonds is 12. The third-order valence-corrected chi connectivity index (χ3v) is 6.37. The topological polar surface area (TPSA) is 131 Å². The Morgan fingerprint density at radius 1 is 0.902 bits per heavy atom. The van der Waals surface area contributed by atoms with Crippen LogP contribution in [0.15, 0.2) is 72.8 Å². The first-order valence-corrected chi connectivity index (χ1v) is 13.9. The number of carbonyl (C=O) groups excluding carboxylic acids is 4. The number of fused-ring (bicyclic) bond motifs is 1. The lowest BCUT2D eigenvalue weighted by atomic mass is 10.0. The molecule has 4 N–H and O–H groups in total. The van der Waals surface area contributed by atoms with Crippen LogP contribution in [0.4, 0.5) is 10.5 Å². The van der Waals surface area contributed by atoms with Gasteiger partial charge in [0.25, 0.3) is 5.91 Å². The number of nitrogens with one attached hydrogen (secondary N) is 2. The lowest BCUT2D eigenvalue weighted by Gasteiger charge is -2.34. The van der Waals surface area contributed by atoms with Gasteiger partial charge in [-0.1, -0.05) is 80.4 Å². The van der Waals surface area contributed by atoms with Gasteiger partial charge in [0, 0.05) is 12.2 Å². The van der Waals surface area contributed by atoms with Gasteiger partial charge >= 0.3 is 6.09 Å². The van der Waals surface area contributed by atoms with Gasteiger partial charge < -0.3 is 26.0 Å². The molecule has 0 aromatic heterocycles. The molecule has 0 aliphatic carbocycles. The first-order chi connectivity index (χ1) is 19.5. The standard InChI is InChI=1S/C32H40N4O5/c1-5-6-12-19-36(30(39)26(21-27(33)37)35-31(40)41-32(2,3)4)28(23-14-8-7-9-15-23)29(38)34-25-18-17-22-13-10-11-16-24(22)20-25/h7-11,13-18,20,26,28H,5-6,12,19,21H2,1-4H3,(H2,33,37)(H,34,38)(H,35,40). The van der Waals surface area contributed by atoms with Crippen molar-refractivity contribution in [3.05, 3.63) is 78.4 Å². The fourth-order valence-corrected chi connectivity index (χ4v) is 4.54. The Bertz CT molecular complexity index is 1350. The highest BCUT2D eigenvalue weighted by atomic mass is 16.6. The molecule has 41 heavy (non-hydrogen) atoms. The van der Waals surface area contributed by atoms with Gasteiger partial charge in [0.05, 0.1) is 6.42 Å². The third-order valence-electron chi connectivity index (χ3n) is 6.37. The largest absolute Gasteiger partial charge is 0.444 e. The second kappa shape index (κ2) is 14.3. The number of carbonyl (C=O) groups is 4. The zero-order chi connectivity index (χ0) is 30.0. The maximum atomic E-state index is 14.1. The predicted molar refractivity (Wildman–Crippen MR) is 160 cm³/mol. The van der Waals surface area contributed by atoms with Gasteiger partial charge in [-0.15, -0.1) is 0 Å². The number of hydrogen-bond donors (Lipinski definition) is 3. The third kappa shape index (κ3) is 9.34. The van der Waals surface area contributed by atoms with Crippen LogP contribution >= 0.6 is 0 Å². The van der Waals surface area contributed by atoms with Crippen molar-refractivity contribution in [2.45, 2.75) is 71.1 Å². The summed E-state index contributed by atoms with van der Waals surface area (Å²) in [5.74, 6) is -1.80. The van der Waals surface area contributed by atoms with Crippen molar-refractivity contribution >= 4 is 40.3 Å². The Hall–Kier alpha value is -4.40.